The van der Waals surface area contributed by atoms with Crippen LogP contribution in [0.5, 0.6) is 0 Å². The number of benzene rings is 1. The summed E-state index contributed by atoms with van der Waals surface area (Å²) in [5.41, 5.74) is 4.61. The van der Waals surface area contributed by atoms with Crippen molar-refractivity contribution in [2.24, 2.45) is 5.41 Å². The first-order valence-electron chi connectivity index (χ1n) is 6.33. The van der Waals surface area contributed by atoms with Crippen molar-refractivity contribution in [2.45, 2.75) is 26.2 Å². The molecule has 0 aliphatic heterocycles. The SMILES string of the molecule is CC1=CC=CCC1(C)C1C=Cc2ccccc21. The Hall–Kier alpha value is -1.56. The van der Waals surface area contributed by atoms with E-state index in [4.69, 9.17) is 0 Å². The fourth-order valence-electron chi connectivity index (χ4n) is 3.05. The second-order valence-electron chi connectivity index (χ2n) is 5.37. The molecule has 2 atom stereocenters. The predicted octanol–water partition coefficient (Wildman–Crippen LogP) is 4.71. The summed E-state index contributed by atoms with van der Waals surface area (Å²) >= 11 is 0. The summed E-state index contributed by atoms with van der Waals surface area (Å²) in [5.74, 6) is 0.528. The molecule has 0 saturated heterocycles. The maximum absolute atomic E-state index is 2.39. The Kier molecular flexibility index (Phi) is 2.32. The Bertz CT molecular complexity index is 531. The number of rotatable bonds is 1. The molecule has 0 N–H and O–H groups in total. The minimum absolute atomic E-state index is 0.248. The topological polar surface area (TPSA) is 0 Å². The fourth-order valence-corrected chi connectivity index (χ4v) is 3.05. The largest absolute Gasteiger partial charge is 0.0836 e. The molecular weight excluding hydrogens is 204 g/mol. The second kappa shape index (κ2) is 3.73. The van der Waals surface area contributed by atoms with E-state index >= 15 is 0 Å². The van der Waals surface area contributed by atoms with E-state index in [0.29, 0.717) is 5.92 Å². The first-order valence-corrected chi connectivity index (χ1v) is 6.33. The molecule has 0 heterocycles. The summed E-state index contributed by atoms with van der Waals surface area (Å²) in [6.07, 6.45) is 12.5. The lowest BCUT2D eigenvalue weighted by molar-refractivity contribution is 0.357. The minimum atomic E-state index is 0.248. The Morgan fingerprint density at radius 1 is 1.24 bits per heavy atom. The van der Waals surface area contributed by atoms with E-state index < -0.39 is 0 Å². The molecule has 86 valence electrons. The van der Waals surface area contributed by atoms with Gasteiger partial charge in [-0.15, -0.1) is 0 Å². The van der Waals surface area contributed by atoms with E-state index in [1.54, 1.807) is 0 Å². The van der Waals surface area contributed by atoms with Crippen LogP contribution >= 0.6 is 0 Å². The molecule has 0 amide bonds. The van der Waals surface area contributed by atoms with E-state index in [0.717, 1.165) is 6.42 Å². The van der Waals surface area contributed by atoms with Gasteiger partial charge in [0.05, 0.1) is 0 Å². The van der Waals surface area contributed by atoms with E-state index in [1.807, 2.05) is 0 Å². The van der Waals surface area contributed by atoms with Gasteiger partial charge >= 0.3 is 0 Å². The van der Waals surface area contributed by atoms with E-state index in [9.17, 15) is 0 Å². The van der Waals surface area contributed by atoms with Crippen molar-refractivity contribution < 1.29 is 0 Å². The van der Waals surface area contributed by atoms with Crippen molar-refractivity contribution in [1.82, 2.24) is 0 Å². The molecule has 0 saturated carbocycles. The lowest BCUT2D eigenvalue weighted by Crippen LogP contribution is -2.26. The van der Waals surface area contributed by atoms with Crippen LogP contribution in [0.3, 0.4) is 0 Å². The number of fused-ring (bicyclic) bond motifs is 1. The molecule has 1 aromatic carbocycles. The first-order chi connectivity index (χ1) is 8.22. The van der Waals surface area contributed by atoms with Crippen LogP contribution in [0.15, 0.2) is 54.1 Å². The van der Waals surface area contributed by atoms with Crippen molar-refractivity contribution in [3.63, 3.8) is 0 Å². The van der Waals surface area contributed by atoms with E-state index in [2.05, 4.69) is 68.5 Å². The summed E-state index contributed by atoms with van der Waals surface area (Å²) < 4.78 is 0. The molecule has 17 heavy (non-hydrogen) atoms. The van der Waals surface area contributed by atoms with Gasteiger partial charge in [-0.25, -0.2) is 0 Å². The number of allylic oxidation sites excluding steroid dienone is 5. The van der Waals surface area contributed by atoms with Gasteiger partial charge in [0.25, 0.3) is 0 Å². The predicted molar refractivity (Wildman–Crippen MR) is 73.8 cm³/mol. The Balaban J connectivity index is 2.05. The van der Waals surface area contributed by atoms with Gasteiger partial charge in [0.1, 0.15) is 0 Å². The van der Waals surface area contributed by atoms with Crippen LogP contribution in [0.2, 0.25) is 0 Å². The molecule has 0 spiro atoms. The van der Waals surface area contributed by atoms with Gasteiger partial charge in [0, 0.05) is 11.3 Å². The lowest BCUT2D eigenvalue weighted by Gasteiger charge is -2.37. The third kappa shape index (κ3) is 1.51. The fraction of sp³-hybridized carbons (Fsp3) is 0.294. The quantitative estimate of drug-likeness (QED) is 0.645. The maximum atomic E-state index is 2.39. The van der Waals surface area contributed by atoms with Crippen LogP contribution in [-0.2, 0) is 0 Å². The van der Waals surface area contributed by atoms with E-state index in [-0.39, 0.29) is 5.41 Å². The standard InChI is InChI=1S/C17H18/c1-13-7-5-6-12-17(13,2)16-11-10-14-8-3-4-9-15(14)16/h3-11,16H,12H2,1-2H3. The molecule has 3 rings (SSSR count). The van der Waals surface area contributed by atoms with Crippen LogP contribution < -0.4 is 0 Å². The van der Waals surface area contributed by atoms with Crippen molar-refractivity contribution >= 4 is 6.08 Å². The van der Waals surface area contributed by atoms with Gasteiger partial charge in [-0.1, -0.05) is 67.1 Å². The molecule has 0 heteroatoms. The monoisotopic (exact) mass is 222 g/mol. The summed E-state index contributed by atoms with van der Waals surface area (Å²) in [6.45, 7) is 4.65. The molecule has 1 aromatic rings. The highest BCUT2D eigenvalue weighted by Gasteiger charge is 2.37. The zero-order chi connectivity index (χ0) is 11.9. The van der Waals surface area contributed by atoms with Crippen LogP contribution in [0.4, 0.5) is 0 Å². The molecule has 2 aliphatic rings. The highest BCUT2D eigenvalue weighted by molar-refractivity contribution is 5.63. The van der Waals surface area contributed by atoms with Gasteiger partial charge < -0.3 is 0 Å². The maximum Gasteiger partial charge on any atom is 0.0121 e. The van der Waals surface area contributed by atoms with Crippen LogP contribution in [0.25, 0.3) is 6.08 Å². The lowest BCUT2D eigenvalue weighted by atomic mass is 9.66. The average Bonchev–Trinajstić information content (AvgIpc) is 2.77. The number of hydrogen-bond donors (Lipinski definition) is 0. The van der Waals surface area contributed by atoms with Crippen LogP contribution in [-0.4, -0.2) is 0 Å². The second-order valence-corrected chi connectivity index (χ2v) is 5.37. The van der Waals surface area contributed by atoms with Gasteiger partial charge in [-0.2, -0.15) is 0 Å². The Labute approximate surface area is 103 Å². The van der Waals surface area contributed by atoms with Gasteiger partial charge in [-0.3, -0.25) is 0 Å². The zero-order valence-corrected chi connectivity index (χ0v) is 10.5. The van der Waals surface area contributed by atoms with E-state index in [1.165, 1.54) is 16.7 Å². The van der Waals surface area contributed by atoms with Crippen LogP contribution in [0, 0.1) is 5.41 Å². The normalized spacial score (nSPS) is 30.2. The zero-order valence-electron chi connectivity index (χ0n) is 10.5. The molecule has 0 nitrogen and oxygen atoms in total. The van der Waals surface area contributed by atoms with Crippen molar-refractivity contribution in [3.05, 3.63) is 65.3 Å². The van der Waals surface area contributed by atoms with Gasteiger partial charge in [-0.05, 0) is 24.5 Å². The van der Waals surface area contributed by atoms with Crippen molar-refractivity contribution in [1.29, 1.82) is 0 Å². The summed E-state index contributed by atoms with van der Waals surface area (Å²) in [7, 11) is 0. The molecule has 2 aliphatic carbocycles. The summed E-state index contributed by atoms with van der Waals surface area (Å²) in [4.78, 5) is 0. The first kappa shape index (κ1) is 10.6. The van der Waals surface area contributed by atoms with Crippen molar-refractivity contribution in [3.8, 4) is 0 Å². The molecule has 0 fully saturated rings. The molecule has 0 aromatic heterocycles. The smallest absolute Gasteiger partial charge is 0.0121 e. The van der Waals surface area contributed by atoms with Crippen LogP contribution in [0.1, 0.15) is 37.3 Å². The van der Waals surface area contributed by atoms with Gasteiger partial charge in [0.2, 0.25) is 0 Å². The third-order valence-corrected chi connectivity index (χ3v) is 4.41. The molecule has 2 unspecified atom stereocenters. The molecule has 0 radical (unpaired) electrons. The molecular formula is C17H18. The van der Waals surface area contributed by atoms with Crippen molar-refractivity contribution in [2.75, 3.05) is 0 Å². The Morgan fingerprint density at radius 2 is 2.06 bits per heavy atom. The average molecular weight is 222 g/mol. The number of hydrogen-bond acceptors (Lipinski definition) is 0. The highest BCUT2D eigenvalue weighted by Crippen LogP contribution is 2.50. The minimum Gasteiger partial charge on any atom is -0.0836 e. The van der Waals surface area contributed by atoms with Gasteiger partial charge in [0.15, 0.2) is 0 Å². The highest BCUT2D eigenvalue weighted by atomic mass is 14.4. The summed E-state index contributed by atoms with van der Waals surface area (Å²) in [5, 5.41) is 0. The third-order valence-electron chi connectivity index (χ3n) is 4.41. The molecule has 0 bridgehead atoms. The summed E-state index contributed by atoms with van der Waals surface area (Å²) in [6, 6.07) is 8.76. The Morgan fingerprint density at radius 3 is 2.88 bits per heavy atom.